The summed E-state index contributed by atoms with van der Waals surface area (Å²) in [4.78, 5) is 19.1. The third-order valence-electron chi connectivity index (χ3n) is 5.35. The zero-order chi connectivity index (χ0) is 20.2. The number of nitrogens with zero attached hydrogens (tertiary/aromatic N) is 2. The van der Waals surface area contributed by atoms with Crippen LogP contribution in [0.4, 0.5) is 0 Å². The van der Waals surface area contributed by atoms with Crippen LogP contribution in [0.15, 0.2) is 46.9 Å². The van der Waals surface area contributed by atoms with Crippen molar-refractivity contribution in [2.24, 2.45) is 0 Å². The van der Waals surface area contributed by atoms with Crippen LogP contribution < -0.4 is 0 Å². The average molecular weight is 413 g/mol. The van der Waals surface area contributed by atoms with E-state index in [1.807, 2.05) is 37.4 Å². The number of rotatable bonds is 6. The Balaban J connectivity index is 1.42. The van der Waals surface area contributed by atoms with E-state index in [1.165, 1.54) is 6.42 Å². The molecule has 0 spiro atoms. The van der Waals surface area contributed by atoms with Crippen molar-refractivity contribution in [3.8, 4) is 0 Å². The molecule has 0 bridgehead atoms. The highest BCUT2D eigenvalue weighted by molar-refractivity contribution is 6.30. The summed E-state index contributed by atoms with van der Waals surface area (Å²) >= 11 is 5.94. The Hall–Kier alpha value is -2.37. The molecule has 3 aromatic rings. The normalized spacial score (nSPS) is 16.8. The van der Waals surface area contributed by atoms with Crippen LogP contribution in [0, 0.1) is 0 Å². The minimum atomic E-state index is -0.00930. The molecule has 4 rings (SSSR count). The van der Waals surface area contributed by atoms with Crippen LogP contribution in [0.5, 0.6) is 0 Å². The summed E-state index contributed by atoms with van der Waals surface area (Å²) in [5.41, 5.74) is 3.07. The Morgan fingerprint density at radius 3 is 2.79 bits per heavy atom. The molecule has 6 heteroatoms. The fraction of sp³-hybridized carbons (Fsp3) is 0.391. The average Bonchev–Trinajstić information content (AvgIpc) is 3.15. The highest BCUT2D eigenvalue weighted by Gasteiger charge is 2.18. The number of carbonyl (C=O) groups is 1. The Bertz CT molecular complexity index is 977. The highest BCUT2D eigenvalue weighted by Crippen LogP contribution is 2.21. The van der Waals surface area contributed by atoms with Crippen LogP contribution in [0.3, 0.4) is 0 Å². The van der Waals surface area contributed by atoms with Crippen molar-refractivity contribution in [1.29, 1.82) is 0 Å². The number of halogens is 1. The predicted molar refractivity (Wildman–Crippen MR) is 113 cm³/mol. The van der Waals surface area contributed by atoms with E-state index in [2.05, 4.69) is 4.98 Å². The summed E-state index contributed by atoms with van der Waals surface area (Å²) in [6, 6.07) is 13.0. The third kappa shape index (κ3) is 4.98. The molecule has 1 saturated heterocycles. The van der Waals surface area contributed by atoms with Crippen molar-refractivity contribution in [3.05, 3.63) is 64.5 Å². The minimum Gasteiger partial charge on any atom is -0.440 e. The molecule has 1 aromatic heterocycles. The Kier molecular flexibility index (Phi) is 6.16. The lowest BCUT2D eigenvalue weighted by atomic mass is 10.1. The van der Waals surface area contributed by atoms with Crippen LogP contribution in [-0.4, -0.2) is 42.1 Å². The molecule has 0 radical (unpaired) electrons. The monoisotopic (exact) mass is 412 g/mol. The van der Waals surface area contributed by atoms with Gasteiger partial charge in [0, 0.05) is 37.2 Å². The van der Waals surface area contributed by atoms with Gasteiger partial charge >= 0.3 is 0 Å². The van der Waals surface area contributed by atoms with Crippen molar-refractivity contribution >= 4 is 28.6 Å². The first-order valence-corrected chi connectivity index (χ1v) is 10.5. The number of benzene rings is 2. The number of amides is 1. The van der Waals surface area contributed by atoms with Crippen LogP contribution in [0.1, 0.15) is 47.5 Å². The van der Waals surface area contributed by atoms with Gasteiger partial charge in [0.05, 0.1) is 6.10 Å². The van der Waals surface area contributed by atoms with Gasteiger partial charge in [0.1, 0.15) is 5.52 Å². The van der Waals surface area contributed by atoms with Gasteiger partial charge in [-0.15, -0.1) is 0 Å². The van der Waals surface area contributed by atoms with Gasteiger partial charge in [0.2, 0.25) is 0 Å². The largest absolute Gasteiger partial charge is 0.440 e. The third-order valence-corrected chi connectivity index (χ3v) is 5.61. The van der Waals surface area contributed by atoms with Gasteiger partial charge in [0.25, 0.3) is 5.91 Å². The van der Waals surface area contributed by atoms with E-state index in [0.29, 0.717) is 40.5 Å². The molecule has 1 amide bonds. The summed E-state index contributed by atoms with van der Waals surface area (Å²) in [5.74, 6) is 0.611. The van der Waals surface area contributed by atoms with Gasteiger partial charge in [-0.3, -0.25) is 4.79 Å². The Morgan fingerprint density at radius 1 is 1.21 bits per heavy atom. The summed E-state index contributed by atoms with van der Waals surface area (Å²) in [6.45, 7) is 1.52. The molecule has 0 aliphatic carbocycles. The standard InChI is InChI=1S/C23H25ClN2O3/c1-26(12-11-19-4-2-3-13-28-19)23(27)17-7-10-21-20(15-17)25-22(29-21)14-16-5-8-18(24)9-6-16/h5-10,15,19H,2-4,11-14H2,1H3. The van der Waals surface area contributed by atoms with E-state index < -0.39 is 0 Å². The maximum atomic E-state index is 12.8. The molecule has 1 fully saturated rings. The molecule has 1 aliphatic heterocycles. The summed E-state index contributed by atoms with van der Waals surface area (Å²) in [6.07, 6.45) is 5.17. The molecule has 1 aliphatic rings. The van der Waals surface area contributed by atoms with Crippen molar-refractivity contribution in [3.63, 3.8) is 0 Å². The summed E-state index contributed by atoms with van der Waals surface area (Å²) < 4.78 is 11.6. The first-order valence-electron chi connectivity index (χ1n) is 10.1. The van der Waals surface area contributed by atoms with E-state index in [9.17, 15) is 4.79 Å². The molecular weight excluding hydrogens is 388 g/mol. The quantitative estimate of drug-likeness (QED) is 0.565. The number of hydrogen-bond acceptors (Lipinski definition) is 4. The second-order valence-electron chi connectivity index (χ2n) is 7.60. The van der Waals surface area contributed by atoms with E-state index in [0.717, 1.165) is 31.4 Å². The van der Waals surface area contributed by atoms with Crippen molar-refractivity contribution in [2.75, 3.05) is 20.2 Å². The first kappa shape index (κ1) is 19.9. The molecular formula is C23H25ClN2O3. The molecule has 2 aromatic carbocycles. The minimum absolute atomic E-state index is 0.00930. The fourth-order valence-corrected chi connectivity index (χ4v) is 3.78. The summed E-state index contributed by atoms with van der Waals surface area (Å²) in [7, 11) is 1.84. The van der Waals surface area contributed by atoms with Gasteiger partial charge in [-0.25, -0.2) is 4.98 Å². The fourth-order valence-electron chi connectivity index (χ4n) is 3.66. The molecule has 0 saturated carbocycles. The zero-order valence-electron chi connectivity index (χ0n) is 16.6. The smallest absolute Gasteiger partial charge is 0.253 e. The van der Waals surface area contributed by atoms with E-state index >= 15 is 0 Å². The molecule has 0 N–H and O–H groups in total. The number of carbonyl (C=O) groups excluding carboxylic acids is 1. The van der Waals surface area contributed by atoms with Crippen molar-refractivity contribution in [1.82, 2.24) is 9.88 Å². The topological polar surface area (TPSA) is 55.6 Å². The van der Waals surface area contributed by atoms with Crippen LogP contribution in [0.25, 0.3) is 11.1 Å². The summed E-state index contributed by atoms with van der Waals surface area (Å²) in [5, 5.41) is 0.702. The van der Waals surface area contributed by atoms with Gasteiger partial charge in [0.15, 0.2) is 11.5 Å². The van der Waals surface area contributed by atoms with E-state index in [1.54, 1.807) is 17.0 Å². The number of aromatic nitrogens is 1. The molecule has 152 valence electrons. The lowest BCUT2D eigenvalue weighted by Gasteiger charge is -2.25. The second-order valence-corrected chi connectivity index (χ2v) is 8.03. The highest BCUT2D eigenvalue weighted by atomic mass is 35.5. The van der Waals surface area contributed by atoms with Gasteiger partial charge in [-0.05, 0) is 61.6 Å². The lowest BCUT2D eigenvalue weighted by Crippen LogP contribution is -2.31. The van der Waals surface area contributed by atoms with Crippen LogP contribution in [-0.2, 0) is 11.2 Å². The van der Waals surface area contributed by atoms with Crippen molar-refractivity contribution in [2.45, 2.75) is 38.2 Å². The zero-order valence-corrected chi connectivity index (χ0v) is 17.3. The predicted octanol–water partition coefficient (Wildman–Crippen LogP) is 5.10. The number of ether oxygens (including phenoxy) is 1. The van der Waals surface area contributed by atoms with Gasteiger partial charge in [-0.1, -0.05) is 23.7 Å². The van der Waals surface area contributed by atoms with Gasteiger partial charge < -0.3 is 14.1 Å². The molecule has 5 nitrogen and oxygen atoms in total. The first-order chi connectivity index (χ1) is 14.1. The number of hydrogen-bond donors (Lipinski definition) is 0. The van der Waals surface area contributed by atoms with Crippen molar-refractivity contribution < 1.29 is 13.9 Å². The van der Waals surface area contributed by atoms with Crippen LogP contribution in [0.2, 0.25) is 5.02 Å². The maximum absolute atomic E-state index is 12.8. The SMILES string of the molecule is CN(CCC1CCCCO1)C(=O)c1ccc2oc(Cc3ccc(Cl)cc3)nc2c1. The molecule has 1 atom stereocenters. The second kappa shape index (κ2) is 8.97. The van der Waals surface area contributed by atoms with E-state index in [-0.39, 0.29) is 12.0 Å². The van der Waals surface area contributed by atoms with E-state index in [4.69, 9.17) is 20.8 Å². The maximum Gasteiger partial charge on any atom is 0.253 e. The molecule has 2 heterocycles. The Morgan fingerprint density at radius 2 is 2.03 bits per heavy atom. The lowest BCUT2D eigenvalue weighted by molar-refractivity contribution is 0.00709. The number of fused-ring (bicyclic) bond motifs is 1. The number of oxazole rings is 1. The Labute approximate surface area is 175 Å². The molecule has 29 heavy (non-hydrogen) atoms. The van der Waals surface area contributed by atoms with Gasteiger partial charge in [-0.2, -0.15) is 0 Å². The van der Waals surface area contributed by atoms with Crippen LogP contribution >= 0.6 is 11.6 Å². The molecule has 1 unspecified atom stereocenters.